The van der Waals surface area contributed by atoms with Crippen molar-refractivity contribution in [3.63, 3.8) is 0 Å². The summed E-state index contributed by atoms with van der Waals surface area (Å²) in [7, 11) is -4.29. The maximum Gasteiger partial charge on any atom is 0.303 e. The molecule has 9 heteroatoms. The first kappa shape index (κ1) is 13.8. The van der Waals surface area contributed by atoms with Crippen LogP contribution in [0.2, 0.25) is 0 Å². The van der Waals surface area contributed by atoms with Gasteiger partial charge in [-0.25, -0.2) is 0 Å². The van der Waals surface area contributed by atoms with E-state index in [9.17, 15) is 18.0 Å². The molecule has 0 bridgehead atoms. The van der Waals surface area contributed by atoms with E-state index in [4.69, 9.17) is 15.4 Å². The molecule has 0 rings (SSSR count). The van der Waals surface area contributed by atoms with Crippen LogP contribution in [0.4, 0.5) is 0 Å². The average molecular weight is 240 g/mol. The minimum Gasteiger partial charge on any atom is -0.481 e. The highest BCUT2D eigenvalue weighted by Gasteiger charge is 2.16. The zero-order chi connectivity index (χ0) is 12.1. The van der Waals surface area contributed by atoms with E-state index in [1.54, 1.807) is 0 Å². The number of nitrogens with two attached hydrogens (primary N) is 1. The van der Waals surface area contributed by atoms with Gasteiger partial charge in [0.1, 0.15) is 5.88 Å². The Morgan fingerprint density at radius 3 is 2.33 bits per heavy atom. The molecule has 0 radical (unpaired) electrons. The van der Waals surface area contributed by atoms with Crippen molar-refractivity contribution in [2.75, 3.05) is 5.88 Å². The molecular weight excluding hydrogens is 228 g/mol. The molecule has 0 saturated carbocycles. The Bertz CT molecular complexity index is 338. The molecule has 0 aliphatic heterocycles. The van der Waals surface area contributed by atoms with Gasteiger partial charge in [-0.15, -0.1) is 0 Å². The van der Waals surface area contributed by atoms with Crippen molar-refractivity contribution >= 4 is 22.0 Å². The lowest BCUT2D eigenvalue weighted by atomic mass is 10.1. The van der Waals surface area contributed by atoms with E-state index in [-0.39, 0.29) is 12.8 Å². The van der Waals surface area contributed by atoms with Crippen LogP contribution >= 0.6 is 0 Å². The van der Waals surface area contributed by atoms with E-state index in [0.717, 1.165) is 0 Å². The Hall–Kier alpha value is -1.19. The summed E-state index contributed by atoms with van der Waals surface area (Å²) in [5.74, 6) is -2.87. The number of hydrogen-bond acceptors (Lipinski definition) is 5. The minimum atomic E-state index is -4.29. The molecule has 0 aliphatic rings. The summed E-state index contributed by atoms with van der Waals surface area (Å²) in [6, 6.07) is -1.11. The van der Waals surface area contributed by atoms with E-state index in [1.807, 2.05) is 5.32 Å². The third kappa shape index (κ3) is 7.85. The van der Waals surface area contributed by atoms with Gasteiger partial charge in [0.05, 0.1) is 6.04 Å². The molecule has 0 heterocycles. The Morgan fingerprint density at radius 1 is 1.40 bits per heavy atom. The second kappa shape index (κ2) is 5.63. The Kier molecular flexibility index (Phi) is 5.19. The summed E-state index contributed by atoms with van der Waals surface area (Å²) in [4.78, 5) is 21.1. The molecule has 0 aliphatic carbocycles. The summed E-state index contributed by atoms with van der Waals surface area (Å²) in [6.45, 7) is 0. The topological polar surface area (TPSA) is 147 Å². The predicted octanol–water partition coefficient (Wildman–Crippen LogP) is -1.86. The lowest BCUT2D eigenvalue weighted by molar-refractivity contribution is -0.137. The molecule has 1 amide bonds. The maximum atomic E-state index is 11.0. The Morgan fingerprint density at radius 2 is 1.93 bits per heavy atom. The maximum absolute atomic E-state index is 11.0. The summed E-state index contributed by atoms with van der Waals surface area (Å²) < 4.78 is 28.7. The molecule has 0 aromatic heterocycles. The lowest BCUT2D eigenvalue weighted by Gasteiger charge is -2.09. The first-order chi connectivity index (χ1) is 6.72. The fraction of sp³-hybridized carbons (Fsp3) is 0.667. The summed E-state index contributed by atoms with van der Waals surface area (Å²) in [5.41, 5.74) is 5.24. The fourth-order valence-electron chi connectivity index (χ4n) is 0.703. The number of amides is 1. The van der Waals surface area contributed by atoms with Crippen LogP contribution in [0.1, 0.15) is 12.8 Å². The first-order valence-electron chi connectivity index (χ1n) is 3.92. The normalized spacial score (nSPS) is 13.2. The standard InChI is InChI=1S/C6H12N2O6S/c7-4(1-2-5(9)10)6(11)8-3-15(12,13)14/h4H,1-3,7H2,(H,8,11)(H,9,10)(H,12,13,14)/t4-/m0/s1. The van der Waals surface area contributed by atoms with Crippen LogP contribution in [-0.2, 0) is 19.7 Å². The highest BCUT2D eigenvalue weighted by atomic mass is 32.2. The number of carbonyl (C=O) groups excluding carboxylic acids is 1. The molecule has 0 saturated heterocycles. The minimum absolute atomic E-state index is 0.105. The van der Waals surface area contributed by atoms with E-state index in [0.29, 0.717) is 0 Å². The van der Waals surface area contributed by atoms with Crippen molar-refractivity contribution in [1.29, 1.82) is 0 Å². The van der Waals surface area contributed by atoms with Crippen molar-refractivity contribution in [3.05, 3.63) is 0 Å². The van der Waals surface area contributed by atoms with Crippen molar-refractivity contribution in [2.24, 2.45) is 5.73 Å². The molecule has 0 fully saturated rings. The van der Waals surface area contributed by atoms with Crippen LogP contribution in [0, 0.1) is 0 Å². The molecule has 0 unspecified atom stereocenters. The van der Waals surface area contributed by atoms with Crippen LogP contribution in [0.25, 0.3) is 0 Å². The number of carboxylic acids is 1. The van der Waals surface area contributed by atoms with Crippen LogP contribution in [0.5, 0.6) is 0 Å². The van der Waals surface area contributed by atoms with Crippen LogP contribution < -0.4 is 11.1 Å². The van der Waals surface area contributed by atoms with Crippen LogP contribution in [0.3, 0.4) is 0 Å². The zero-order valence-electron chi connectivity index (χ0n) is 7.71. The summed E-state index contributed by atoms with van der Waals surface area (Å²) >= 11 is 0. The number of hydrogen-bond donors (Lipinski definition) is 4. The van der Waals surface area contributed by atoms with Gasteiger partial charge in [-0.1, -0.05) is 0 Å². The molecule has 15 heavy (non-hydrogen) atoms. The van der Waals surface area contributed by atoms with Crippen molar-refractivity contribution in [2.45, 2.75) is 18.9 Å². The van der Waals surface area contributed by atoms with Gasteiger partial charge in [0.15, 0.2) is 0 Å². The fourth-order valence-corrected chi connectivity index (χ4v) is 1.03. The van der Waals surface area contributed by atoms with Gasteiger partial charge >= 0.3 is 5.97 Å². The van der Waals surface area contributed by atoms with Gasteiger partial charge in [-0.2, -0.15) is 8.42 Å². The lowest BCUT2D eigenvalue weighted by Crippen LogP contribution is -2.42. The number of aliphatic carboxylic acids is 1. The third-order valence-electron chi connectivity index (χ3n) is 1.43. The number of nitrogens with one attached hydrogen (secondary N) is 1. The third-order valence-corrected chi connectivity index (χ3v) is 1.94. The first-order valence-corrected chi connectivity index (χ1v) is 5.53. The van der Waals surface area contributed by atoms with E-state index < -0.39 is 33.9 Å². The SMILES string of the molecule is N[C@@H](CCC(=O)O)C(=O)NCS(=O)(=O)O. The van der Waals surface area contributed by atoms with Gasteiger partial charge in [0, 0.05) is 6.42 Å². The quantitative estimate of drug-likeness (QED) is 0.398. The number of carboxylic acid groups (broad SMARTS) is 1. The molecule has 8 nitrogen and oxygen atoms in total. The summed E-state index contributed by atoms with van der Waals surface area (Å²) in [5, 5.41) is 10.1. The number of rotatable bonds is 6. The predicted molar refractivity (Wildman–Crippen MR) is 49.4 cm³/mol. The number of carbonyl (C=O) groups is 2. The smallest absolute Gasteiger partial charge is 0.303 e. The van der Waals surface area contributed by atoms with Crippen molar-refractivity contribution in [3.8, 4) is 0 Å². The van der Waals surface area contributed by atoms with Gasteiger partial charge in [-0.3, -0.25) is 14.1 Å². The van der Waals surface area contributed by atoms with Crippen molar-refractivity contribution in [1.82, 2.24) is 5.32 Å². The van der Waals surface area contributed by atoms with E-state index in [1.165, 1.54) is 0 Å². The van der Waals surface area contributed by atoms with E-state index >= 15 is 0 Å². The molecule has 0 aromatic rings. The Labute approximate surface area is 86.2 Å². The Balaban J connectivity index is 3.95. The van der Waals surface area contributed by atoms with Crippen LogP contribution in [-0.4, -0.2) is 41.9 Å². The molecule has 1 atom stereocenters. The molecule has 88 valence electrons. The highest BCUT2D eigenvalue weighted by Crippen LogP contribution is 1.94. The van der Waals surface area contributed by atoms with Crippen molar-refractivity contribution < 1.29 is 27.7 Å². The highest BCUT2D eigenvalue weighted by molar-refractivity contribution is 7.85. The second-order valence-electron chi connectivity index (χ2n) is 2.81. The van der Waals surface area contributed by atoms with E-state index in [2.05, 4.69) is 0 Å². The van der Waals surface area contributed by atoms with Crippen LogP contribution in [0.15, 0.2) is 0 Å². The van der Waals surface area contributed by atoms with Gasteiger partial charge in [0.25, 0.3) is 10.1 Å². The van der Waals surface area contributed by atoms with Gasteiger partial charge in [-0.05, 0) is 6.42 Å². The molecule has 0 spiro atoms. The monoisotopic (exact) mass is 240 g/mol. The van der Waals surface area contributed by atoms with Gasteiger partial charge in [0.2, 0.25) is 5.91 Å². The second-order valence-corrected chi connectivity index (χ2v) is 4.26. The summed E-state index contributed by atoms with van der Waals surface area (Å²) in [6.07, 6.45) is -0.396. The molecule has 0 aromatic carbocycles. The average Bonchev–Trinajstić information content (AvgIpc) is 2.08. The van der Waals surface area contributed by atoms with Gasteiger partial charge < -0.3 is 16.2 Å². The molecule has 5 N–H and O–H groups in total. The molecular formula is C6H12N2O6S. The zero-order valence-corrected chi connectivity index (χ0v) is 8.53. The largest absolute Gasteiger partial charge is 0.481 e.